The molecule has 1 fully saturated rings. The van der Waals surface area contributed by atoms with Crippen molar-refractivity contribution in [3.8, 4) is 0 Å². The molecular weight excluding hydrogens is 246 g/mol. The molecule has 94 valence electrons. The van der Waals surface area contributed by atoms with Gasteiger partial charge in [-0.3, -0.25) is 4.79 Å². The van der Waals surface area contributed by atoms with E-state index in [9.17, 15) is 4.79 Å². The predicted molar refractivity (Wildman–Crippen MR) is 63.7 cm³/mol. The molecule has 0 amide bonds. The number of rotatable bonds is 3. The number of ether oxygens (including phenoxy) is 2. The molecule has 1 saturated heterocycles. The number of H-pyrrole nitrogens is 1. The van der Waals surface area contributed by atoms with Gasteiger partial charge in [-0.05, 0) is 0 Å². The van der Waals surface area contributed by atoms with E-state index in [0.717, 1.165) is 0 Å². The van der Waals surface area contributed by atoms with Crippen LogP contribution in [0.2, 0.25) is 5.02 Å². The highest BCUT2D eigenvalue weighted by Crippen LogP contribution is 2.25. The molecule has 2 atom stereocenters. The molecule has 0 saturated carbocycles. The maximum absolute atomic E-state index is 11.4. The molecule has 0 radical (unpaired) electrons. The van der Waals surface area contributed by atoms with Crippen molar-refractivity contribution < 1.29 is 9.47 Å². The van der Waals surface area contributed by atoms with Gasteiger partial charge in [0.05, 0.1) is 6.33 Å². The fraction of sp³-hybridized carbons (Fsp3) is 0.600. The summed E-state index contributed by atoms with van der Waals surface area (Å²) in [6, 6.07) is 0. The second-order valence-corrected chi connectivity index (χ2v) is 4.20. The smallest absolute Gasteiger partial charge is 0.271 e. The lowest BCUT2D eigenvalue weighted by molar-refractivity contribution is -0.00461. The summed E-state index contributed by atoms with van der Waals surface area (Å²) in [7, 11) is 3.26. The maximum Gasteiger partial charge on any atom is 0.271 e. The lowest BCUT2D eigenvalue weighted by Gasteiger charge is -2.16. The second kappa shape index (κ2) is 5.03. The highest BCUT2D eigenvalue weighted by molar-refractivity contribution is 6.32. The number of halogens is 1. The number of aromatic amines is 1. The first-order chi connectivity index (χ1) is 8.17. The molecule has 7 heteroatoms. The largest absolute Gasteiger partial charge is 0.377 e. The molecule has 0 bridgehead atoms. The SMILES string of the molecule is COC1CN(c2nc[nH]c(=O)c2Cl)CC1OC. The van der Waals surface area contributed by atoms with Crippen molar-refractivity contribution in [2.75, 3.05) is 32.2 Å². The summed E-state index contributed by atoms with van der Waals surface area (Å²) in [6.07, 6.45) is 1.25. The van der Waals surface area contributed by atoms with Gasteiger partial charge in [-0.2, -0.15) is 0 Å². The fourth-order valence-electron chi connectivity index (χ4n) is 1.96. The van der Waals surface area contributed by atoms with Crippen molar-refractivity contribution in [3.05, 3.63) is 21.7 Å². The van der Waals surface area contributed by atoms with Crippen molar-refractivity contribution in [1.82, 2.24) is 9.97 Å². The van der Waals surface area contributed by atoms with E-state index in [1.54, 1.807) is 14.2 Å². The zero-order valence-corrected chi connectivity index (χ0v) is 10.4. The standard InChI is InChI=1S/C10H14ClN3O3/c1-16-6-3-14(4-7(6)17-2)9-8(11)10(15)13-5-12-9/h5-7H,3-4H2,1-2H3,(H,12,13,15). The van der Waals surface area contributed by atoms with Crippen LogP contribution in [0.4, 0.5) is 5.82 Å². The molecule has 6 nitrogen and oxygen atoms in total. The van der Waals surface area contributed by atoms with Crippen molar-refractivity contribution in [2.24, 2.45) is 0 Å². The third-order valence-corrected chi connectivity index (χ3v) is 3.24. The van der Waals surface area contributed by atoms with E-state index in [2.05, 4.69) is 9.97 Å². The summed E-state index contributed by atoms with van der Waals surface area (Å²) in [5.41, 5.74) is -0.341. The van der Waals surface area contributed by atoms with E-state index < -0.39 is 0 Å². The quantitative estimate of drug-likeness (QED) is 0.844. The summed E-state index contributed by atoms with van der Waals surface area (Å²) in [6.45, 7) is 1.20. The van der Waals surface area contributed by atoms with Crippen LogP contribution in [0.3, 0.4) is 0 Å². The van der Waals surface area contributed by atoms with Crippen LogP contribution in [0.25, 0.3) is 0 Å². The molecule has 0 aromatic carbocycles. The first-order valence-corrected chi connectivity index (χ1v) is 5.59. The van der Waals surface area contributed by atoms with E-state index in [-0.39, 0.29) is 22.8 Å². The summed E-state index contributed by atoms with van der Waals surface area (Å²) in [5, 5.41) is 0.0964. The third-order valence-electron chi connectivity index (χ3n) is 2.90. The topological polar surface area (TPSA) is 67.5 Å². The van der Waals surface area contributed by atoms with Gasteiger partial charge < -0.3 is 19.4 Å². The Morgan fingerprint density at radius 3 is 2.53 bits per heavy atom. The van der Waals surface area contributed by atoms with Gasteiger partial charge in [-0.15, -0.1) is 0 Å². The van der Waals surface area contributed by atoms with Gasteiger partial charge in [-0.1, -0.05) is 11.6 Å². The normalized spacial score (nSPS) is 24.3. The number of methoxy groups -OCH3 is 2. The molecule has 0 aliphatic carbocycles. The van der Waals surface area contributed by atoms with Crippen LogP contribution in [0.5, 0.6) is 0 Å². The number of nitrogens with zero attached hydrogens (tertiary/aromatic N) is 2. The number of hydrogen-bond acceptors (Lipinski definition) is 5. The molecule has 17 heavy (non-hydrogen) atoms. The van der Waals surface area contributed by atoms with Crippen LogP contribution in [-0.4, -0.2) is 49.5 Å². The maximum atomic E-state index is 11.4. The minimum absolute atomic E-state index is 0.0443. The first-order valence-electron chi connectivity index (χ1n) is 5.21. The number of anilines is 1. The summed E-state index contributed by atoms with van der Waals surface area (Å²) >= 11 is 5.93. The van der Waals surface area contributed by atoms with E-state index in [1.807, 2.05) is 4.90 Å². The van der Waals surface area contributed by atoms with Gasteiger partial charge >= 0.3 is 0 Å². The Balaban J connectivity index is 2.25. The van der Waals surface area contributed by atoms with Gasteiger partial charge in [0.15, 0.2) is 5.82 Å². The number of aromatic nitrogens is 2. The number of nitrogens with one attached hydrogen (secondary N) is 1. The average Bonchev–Trinajstić information content (AvgIpc) is 2.75. The van der Waals surface area contributed by atoms with Gasteiger partial charge in [-0.25, -0.2) is 4.98 Å². The lowest BCUT2D eigenvalue weighted by Crippen LogP contribution is -2.27. The van der Waals surface area contributed by atoms with Crippen molar-refractivity contribution in [3.63, 3.8) is 0 Å². The van der Waals surface area contributed by atoms with E-state index in [1.165, 1.54) is 6.33 Å². The average molecular weight is 260 g/mol. The summed E-state index contributed by atoms with van der Waals surface area (Å²) in [4.78, 5) is 19.8. The monoisotopic (exact) mass is 259 g/mol. The molecule has 1 aromatic rings. The fourth-order valence-corrected chi connectivity index (χ4v) is 2.19. The molecular formula is C10H14ClN3O3. The van der Waals surface area contributed by atoms with Crippen LogP contribution in [0.1, 0.15) is 0 Å². The number of hydrogen-bond donors (Lipinski definition) is 1. The highest BCUT2D eigenvalue weighted by atomic mass is 35.5. The van der Waals surface area contributed by atoms with Crippen LogP contribution in [0.15, 0.2) is 11.1 Å². The van der Waals surface area contributed by atoms with Crippen molar-refractivity contribution in [1.29, 1.82) is 0 Å². The van der Waals surface area contributed by atoms with Crippen molar-refractivity contribution in [2.45, 2.75) is 12.2 Å². The van der Waals surface area contributed by atoms with Gasteiger partial charge in [0.2, 0.25) is 0 Å². The van der Waals surface area contributed by atoms with Gasteiger partial charge in [0.25, 0.3) is 5.56 Å². The van der Waals surface area contributed by atoms with Gasteiger partial charge in [0.1, 0.15) is 17.2 Å². The van der Waals surface area contributed by atoms with E-state index in [4.69, 9.17) is 21.1 Å². The zero-order valence-electron chi connectivity index (χ0n) is 9.64. The summed E-state index contributed by atoms with van der Waals surface area (Å²) in [5.74, 6) is 0.469. The van der Waals surface area contributed by atoms with Crippen molar-refractivity contribution >= 4 is 17.4 Å². The Hall–Kier alpha value is -1.11. The molecule has 0 spiro atoms. The zero-order chi connectivity index (χ0) is 12.4. The first kappa shape index (κ1) is 12.3. The molecule has 1 aliphatic heterocycles. The lowest BCUT2D eigenvalue weighted by atomic mass is 10.3. The van der Waals surface area contributed by atoms with Crippen LogP contribution < -0.4 is 10.5 Å². The minimum Gasteiger partial charge on any atom is -0.377 e. The van der Waals surface area contributed by atoms with E-state index in [0.29, 0.717) is 18.9 Å². The summed E-state index contributed by atoms with van der Waals surface area (Å²) < 4.78 is 10.6. The predicted octanol–water partition coefficient (Wildman–Crippen LogP) is 0.273. The molecule has 2 heterocycles. The van der Waals surface area contributed by atoms with Crippen LogP contribution in [-0.2, 0) is 9.47 Å². The molecule has 1 aliphatic rings. The highest BCUT2D eigenvalue weighted by Gasteiger charge is 2.34. The Labute approximate surface area is 104 Å². The molecule has 2 rings (SSSR count). The Kier molecular flexibility index (Phi) is 3.66. The molecule has 2 unspecified atom stereocenters. The third kappa shape index (κ3) is 2.29. The Morgan fingerprint density at radius 1 is 1.41 bits per heavy atom. The minimum atomic E-state index is -0.341. The Morgan fingerprint density at radius 2 is 2.00 bits per heavy atom. The van der Waals surface area contributed by atoms with Crippen LogP contribution >= 0.6 is 11.6 Å². The van der Waals surface area contributed by atoms with Crippen LogP contribution in [0, 0.1) is 0 Å². The molecule has 1 aromatic heterocycles. The second-order valence-electron chi connectivity index (χ2n) is 3.82. The molecule has 1 N–H and O–H groups in total. The van der Waals surface area contributed by atoms with Gasteiger partial charge in [0, 0.05) is 27.3 Å². The Bertz CT molecular complexity index is 439. The van der Waals surface area contributed by atoms with E-state index >= 15 is 0 Å².